The van der Waals surface area contributed by atoms with E-state index in [2.05, 4.69) is 9.97 Å². The molecule has 0 unspecified atom stereocenters. The second kappa shape index (κ2) is 8.57. The molecule has 0 aliphatic carbocycles. The van der Waals surface area contributed by atoms with Gasteiger partial charge in [-0.15, -0.1) is 11.3 Å². The van der Waals surface area contributed by atoms with Gasteiger partial charge in [0, 0.05) is 16.6 Å². The molecule has 0 aliphatic heterocycles. The number of hydrogen-bond acceptors (Lipinski definition) is 4. The number of hydrogen-bond donors (Lipinski definition) is 1. The van der Waals surface area contributed by atoms with E-state index in [1.165, 1.54) is 11.3 Å². The van der Waals surface area contributed by atoms with Crippen LogP contribution in [0.1, 0.15) is 21.1 Å². The number of rotatable bonds is 5. The minimum absolute atomic E-state index is 0.151. The molecule has 2 heterocycles. The lowest BCUT2D eigenvalue weighted by atomic mass is 10.2. The summed E-state index contributed by atoms with van der Waals surface area (Å²) in [7, 11) is 0. The first kappa shape index (κ1) is 20.4. The molecule has 5 nitrogen and oxygen atoms in total. The molecule has 0 radical (unpaired) electrons. The molecule has 5 aromatic rings. The Morgan fingerprint density at radius 2 is 1.59 bits per heavy atom. The number of carbonyl (C=O) groups excluding carboxylic acids is 1. The Morgan fingerprint density at radius 3 is 2.38 bits per heavy atom. The molecule has 0 spiro atoms. The highest BCUT2D eigenvalue weighted by Gasteiger charge is 2.24. The number of nitrogens with one attached hydrogen (secondary N) is 1. The first-order valence-corrected chi connectivity index (χ1v) is 11.3. The molecular formula is C25H18ClN3O2S. The van der Waals surface area contributed by atoms with Crippen LogP contribution in [0.4, 0.5) is 0 Å². The topological polar surface area (TPSA) is 66.1 Å². The molecule has 0 saturated carbocycles. The van der Waals surface area contributed by atoms with Gasteiger partial charge in [-0.25, -0.2) is 4.98 Å². The lowest BCUT2D eigenvalue weighted by Gasteiger charge is -2.22. The van der Waals surface area contributed by atoms with Crippen LogP contribution in [0.15, 0.2) is 83.7 Å². The summed E-state index contributed by atoms with van der Waals surface area (Å²) < 4.78 is 0.956. The third-order valence-corrected chi connectivity index (χ3v) is 6.90. The number of amides is 1. The number of carbonyl (C=O) groups is 1. The van der Waals surface area contributed by atoms with Gasteiger partial charge in [-0.3, -0.25) is 9.59 Å². The van der Waals surface area contributed by atoms with Gasteiger partial charge in [0.1, 0.15) is 10.7 Å². The molecule has 5 rings (SSSR count). The second-order valence-corrected chi connectivity index (χ2v) is 8.85. The van der Waals surface area contributed by atoms with Gasteiger partial charge in [0.05, 0.1) is 22.5 Å². The van der Waals surface area contributed by atoms with Crippen LogP contribution in [0.25, 0.3) is 21.0 Å². The standard InChI is InChI=1S/C25H18ClN3O2S/c26-22-18-11-5-7-13-20(18)32-23(22)25(31)29(14-16-8-2-1-3-9-16)15-21-27-19-12-6-4-10-17(19)24(30)28-21/h1-13H,14-15H2,(H,27,28,30). The number of halogens is 1. The molecule has 0 aliphatic rings. The maximum atomic E-state index is 13.6. The summed E-state index contributed by atoms with van der Waals surface area (Å²) in [4.78, 5) is 35.7. The number of aromatic amines is 1. The predicted molar refractivity (Wildman–Crippen MR) is 129 cm³/mol. The normalized spacial score (nSPS) is 11.2. The van der Waals surface area contributed by atoms with E-state index in [1.807, 2.05) is 60.7 Å². The van der Waals surface area contributed by atoms with Crippen molar-refractivity contribution in [3.63, 3.8) is 0 Å². The average Bonchev–Trinajstić information content (AvgIpc) is 3.15. The van der Waals surface area contributed by atoms with Crippen LogP contribution >= 0.6 is 22.9 Å². The summed E-state index contributed by atoms with van der Waals surface area (Å²) in [5, 5.41) is 1.83. The molecule has 7 heteroatoms. The monoisotopic (exact) mass is 459 g/mol. The summed E-state index contributed by atoms with van der Waals surface area (Å²) in [6, 6.07) is 24.6. The van der Waals surface area contributed by atoms with Gasteiger partial charge in [-0.1, -0.05) is 72.3 Å². The molecule has 2 aromatic heterocycles. The zero-order valence-corrected chi connectivity index (χ0v) is 18.5. The van der Waals surface area contributed by atoms with Crippen molar-refractivity contribution >= 4 is 49.8 Å². The van der Waals surface area contributed by atoms with Crippen molar-refractivity contribution in [2.45, 2.75) is 13.1 Å². The van der Waals surface area contributed by atoms with Crippen molar-refractivity contribution in [3.8, 4) is 0 Å². The zero-order chi connectivity index (χ0) is 22.1. The van der Waals surface area contributed by atoms with Crippen LogP contribution in [0.2, 0.25) is 5.02 Å². The smallest absolute Gasteiger partial charge is 0.266 e. The zero-order valence-electron chi connectivity index (χ0n) is 16.9. The Kier molecular flexibility index (Phi) is 5.47. The summed E-state index contributed by atoms with van der Waals surface area (Å²) in [6.45, 7) is 0.513. The van der Waals surface area contributed by atoms with Crippen molar-refractivity contribution in [1.29, 1.82) is 0 Å². The highest BCUT2D eigenvalue weighted by Crippen LogP contribution is 2.36. The Bertz CT molecular complexity index is 1490. The van der Waals surface area contributed by atoms with Crippen LogP contribution in [-0.2, 0) is 13.1 Å². The highest BCUT2D eigenvalue weighted by molar-refractivity contribution is 7.21. The molecule has 32 heavy (non-hydrogen) atoms. The van der Waals surface area contributed by atoms with Gasteiger partial charge in [0.15, 0.2) is 0 Å². The first-order chi connectivity index (χ1) is 15.6. The van der Waals surface area contributed by atoms with Crippen molar-refractivity contribution in [2.24, 2.45) is 0 Å². The lowest BCUT2D eigenvalue weighted by Crippen LogP contribution is -2.31. The minimum atomic E-state index is -0.224. The quantitative estimate of drug-likeness (QED) is 0.370. The van der Waals surface area contributed by atoms with Crippen LogP contribution in [0.5, 0.6) is 0 Å². The number of fused-ring (bicyclic) bond motifs is 2. The summed E-state index contributed by atoms with van der Waals surface area (Å²) in [6.07, 6.45) is 0. The number of thiophene rings is 1. The fourth-order valence-corrected chi connectivity index (χ4v) is 5.17. The van der Waals surface area contributed by atoms with E-state index in [0.29, 0.717) is 33.2 Å². The molecule has 0 bridgehead atoms. The number of H-pyrrole nitrogens is 1. The minimum Gasteiger partial charge on any atom is -0.326 e. The van der Waals surface area contributed by atoms with Gasteiger partial charge >= 0.3 is 0 Å². The fraction of sp³-hybridized carbons (Fsp3) is 0.0800. The maximum Gasteiger partial charge on any atom is 0.266 e. The number of nitrogens with zero attached hydrogens (tertiary/aromatic N) is 2. The van der Waals surface area contributed by atoms with Crippen LogP contribution < -0.4 is 5.56 Å². The summed E-state index contributed by atoms with van der Waals surface area (Å²) in [5.74, 6) is 0.228. The molecule has 158 valence electrons. The largest absolute Gasteiger partial charge is 0.326 e. The van der Waals surface area contributed by atoms with Crippen LogP contribution in [0.3, 0.4) is 0 Å². The number of aromatic nitrogens is 2. The molecule has 0 saturated heterocycles. The predicted octanol–water partition coefficient (Wildman–Crippen LogP) is 5.63. The first-order valence-electron chi connectivity index (χ1n) is 10.1. The molecule has 0 fully saturated rings. The van der Waals surface area contributed by atoms with Gasteiger partial charge in [0.2, 0.25) is 0 Å². The molecule has 1 N–H and O–H groups in total. The van der Waals surface area contributed by atoms with Gasteiger partial charge < -0.3 is 9.88 Å². The van der Waals surface area contributed by atoms with E-state index in [1.54, 1.807) is 23.1 Å². The number of benzene rings is 3. The maximum absolute atomic E-state index is 13.6. The third-order valence-electron chi connectivity index (χ3n) is 5.24. The van der Waals surface area contributed by atoms with Crippen LogP contribution in [0, 0.1) is 0 Å². The molecule has 1 amide bonds. The van der Waals surface area contributed by atoms with Gasteiger partial charge in [-0.2, -0.15) is 0 Å². The Labute approximate surface area is 192 Å². The van der Waals surface area contributed by atoms with Crippen LogP contribution in [-0.4, -0.2) is 20.8 Å². The average molecular weight is 460 g/mol. The van der Waals surface area contributed by atoms with Crippen molar-refractivity contribution in [1.82, 2.24) is 14.9 Å². The molecule has 0 atom stereocenters. The van der Waals surface area contributed by atoms with E-state index in [-0.39, 0.29) is 18.0 Å². The molecule has 3 aromatic carbocycles. The summed E-state index contributed by atoms with van der Waals surface area (Å²) >= 11 is 7.97. The third kappa shape index (κ3) is 3.90. The van der Waals surface area contributed by atoms with E-state index in [9.17, 15) is 9.59 Å². The van der Waals surface area contributed by atoms with Crippen molar-refractivity contribution in [3.05, 3.63) is 111 Å². The Hall–Kier alpha value is -3.48. The Balaban J connectivity index is 1.55. The van der Waals surface area contributed by atoms with Crippen molar-refractivity contribution in [2.75, 3.05) is 0 Å². The van der Waals surface area contributed by atoms with E-state index in [0.717, 1.165) is 15.6 Å². The van der Waals surface area contributed by atoms with E-state index >= 15 is 0 Å². The fourth-order valence-electron chi connectivity index (χ4n) is 3.69. The van der Waals surface area contributed by atoms with E-state index in [4.69, 9.17) is 11.6 Å². The van der Waals surface area contributed by atoms with Gasteiger partial charge in [0.25, 0.3) is 11.5 Å². The van der Waals surface area contributed by atoms with E-state index < -0.39 is 0 Å². The molecular weight excluding hydrogens is 442 g/mol. The number of para-hydroxylation sites is 1. The van der Waals surface area contributed by atoms with Gasteiger partial charge in [-0.05, 0) is 23.8 Å². The lowest BCUT2D eigenvalue weighted by molar-refractivity contribution is 0.0730. The Morgan fingerprint density at radius 1 is 0.906 bits per heavy atom. The van der Waals surface area contributed by atoms with Crippen molar-refractivity contribution < 1.29 is 4.79 Å². The SMILES string of the molecule is O=C(c1sc2ccccc2c1Cl)N(Cc1ccccc1)Cc1nc2ccccc2c(=O)[nH]1. The summed E-state index contributed by atoms with van der Waals surface area (Å²) in [5.41, 5.74) is 1.34. The highest BCUT2D eigenvalue weighted by atomic mass is 35.5. The second-order valence-electron chi connectivity index (χ2n) is 7.42.